The summed E-state index contributed by atoms with van der Waals surface area (Å²) in [7, 11) is 0. The van der Waals surface area contributed by atoms with E-state index in [1.54, 1.807) is 0 Å². The second kappa shape index (κ2) is 7.36. The molecule has 1 N–H and O–H groups in total. The van der Waals surface area contributed by atoms with E-state index in [9.17, 15) is 5.11 Å². The monoisotopic (exact) mass is 384 g/mol. The molecular formula is C21H37BrO. The molecule has 0 bridgehead atoms. The van der Waals surface area contributed by atoms with Crippen molar-refractivity contribution in [2.24, 2.45) is 46.8 Å². The molecule has 8 atom stereocenters. The third-order valence-corrected chi connectivity index (χ3v) is 9.45. The fourth-order valence-corrected chi connectivity index (χ4v) is 7.71. The molecular weight excluding hydrogens is 348 g/mol. The average Bonchev–Trinajstić information content (AvgIpc) is 2.90. The largest absolute Gasteiger partial charge is 0.396 e. The second-order valence-corrected chi connectivity index (χ2v) is 10.0. The minimum Gasteiger partial charge on any atom is -0.396 e. The van der Waals surface area contributed by atoms with E-state index in [0.29, 0.717) is 12.0 Å². The predicted molar refractivity (Wildman–Crippen MR) is 102 cm³/mol. The van der Waals surface area contributed by atoms with Crippen molar-refractivity contribution in [3.63, 3.8) is 0 Å². The van der Waals surface area contributed by atoms with Crippen LogP contribution >= 0.6 is 15.9 Å². The molecule has 0 saturated heterocycles. The van der Waals surface area contributed by atoms with Crippen molar-refractivity contribution in [1.29, 1.82) is 0 Å². The Bertz CT molecular complexity index is 397. The molecule has 0 aromatic carbocycles. The van der Waals surface area contributed by atoms with E-state index in [4.69, 9.17) is 0 Å². The maximum Gasteiger partial charge on any atom is 0.0431 e. The lowest BCUT2D eigenvalue weighted by atomic mass is 9.50. The van der Waals surface area contributed by atoms with Crippen LogP contribution in [0.3, 0.4) is 0 Å². The van der Waals surface area contributed by atoms with Gasteiger partial charge in [-0.05, 0) is 91.8 Å². The van der Waals surface area contributed by atoms with Crippen LogP contribution in [0.5, 0.6) is 0 Å². The normalized spacial score (nSPS) is 47.9. The van der Waals surface area contributed by atoms with Gasteiger partial charge in [-0.25, -0.2) is 0 Å². The van der Waals surface area contributed by atoms with Crippen LogP contribution in [0, 0.1) is 46.8 Å². The van der Waals surface area contributed by atoms with Gasteiger partial charge in [0.05, 0.1) is 0 Å². The summed E-state index contributed by atoms with van der Waals surface area (Å²) in [5.41, 5.74) is 0.608. The quantitative estimate of drug-likeness (QED) is 0.585. The van der Waals surface area contributed by atoms with Crippen LogP contribution in [0.4, 0.5) is 0 Å². The van der Waals surface area contributed by atoms with E-state index in [0.717, 1.165) is 47.8 Å². The van der Waals surface area contributed by atoms with E-state index in [1.165, 1.54) is 50.3 Å². The standard InChI is InChI=1S/C21H37BrO/c1-14-6-7-18-17(16(14)5-4-12-23)10-11-21(3)19(15(2)13-22)8-9-20(18)21/h14-20,23H,4-13H2,1-3H3/t14?,15?,16-,17+,18+,19+,20-,21+/m0/s1. The molecule has 2 unspecified atom stereocenters. The van der Waals surface area contributed by atoms with E-state index in [1.807, 2.05) is 0 Å². The van der Waals surface area contributed by atoms with Crippen LogP contribution < -0.4 is 0 Å². The maximum atomic E-state index is 9.29. The third-order valence-electron chi connectivity index (χ3n) is 8.43. The van der Waals surface area contributed by atoms with Gasteiger partial charge < -0.3 is 5.11 Å². The molecule has 0 aliphatic heterocycles. The molecule has 1 nitrogen and oxygen atoms in total. The first-order valence-electron chi connectivity index (χ1n) is 10.2. The molecule has 0 heterocycles. The van der Waals surface area contributed by atoms with Crippen molar-refractivity contribution in [2.45, 2.75) is 72.1 Å². The number of alkyl halides is 1. The molecule has 3 aliphatic carbocycles. The zero-order valence-electron chi connectivity index (χ0n) is 15.4. The fraction of sp³-hybridized carbons (Fsp3) is 1.00. The number of hydrogen-bond donors (Lipinski definition) is 1. The van der Waals surface area contributed by atoms with Gasteiger partial charge in [0.1, 0.15) is 0 Å². The summed E-state index contributed by atoms with van der Waals surface area (Å²) in [4.78, 5) is 0. The number of fused-ring (bicyclic) bond motifs is 3. The summed E-state index contributed by atoms with van der Waals surface area (Å²) in [5, 5.41) is 10.5. The lowest BCUT2D eigenvalue weighted by molar-refractivity contribution is -0.0577. The highest BCUT2D eigenvalue weighted by atomic mass is 79.9. The van der Waals surface area contributed by atoms with Crippen LogP contribution in [0.1, 0.15) is 72.1 Å². The molecule has 2 heteroatoms. The van der Waals surface area contributed by atoms with E-state index < -0.39 is 0 Å². The van der Waals surface area contributed by atoms with Crippen LogP contribution in [-0.4, -0.2) is 17.0 Å². The van der Waals surface area contributed by atoms with E-state index in [-0.39, 0.29) is 0 Å². The third kappa shape index (κ3) is 3.16. The molecule has 3 rings (SSSR count). The Morgan fingerprint density at radius 3 is 2.61 bits per heavy atom. The van der Waals surface area contributed by atoms with Crippen molar-refractivity contribution >= 4 is 15.9 Å². The molecule has 23 heavy (non-hydrogen) atoms. The van der Waals surface area contributed by atoms with Crippen LogP contribution in [0.15, 0.2) is 0 Å². The molecule has 134 valence electrons. The minimum atomic E-state index is 0.382. The zero-order chi connectivity index (χ0) is 16.6. The molecule has 3 saturated carbocycles. The van der Waals surface area contributed by atoms with Crippen molar-refractivity contribution in [3.8, 4) is 0 Å². The smallest absolute Gasteiger partial charge is 0.0431 e. The Morgan fingerprint density at radius 1 is 1.13 bits per heavy atom. The first-order chi connectivity index (χ1) is 11.0. The topological polar surface area (TPSA) is 20.2 Å². The predicted octanol–water partition coefficient (Wildman–Crippen LogP) is 5.89. The van der Waals surface area contributed by atoms with E-state index >= 15 is 0 Å². The number of rotatable bonds is 5. The Balaban J connectivity index is 1.77. The highest BCUT2D eigenvalue weighted by molar-refractivity contribution is 9.09. The number of aliphatic hydroxyl groups excluding tert-OH is 1. The average molecular weight is 385 g/mol. The molecule has 0 radical (unpaired) electrons. The SMILES string of the molecule is CC(CBr)[C@H]1CC[C@H]2[C@@H]3CCC(C)[C@H](CCCO)[C@H]3CC[C@]12C. The first-order valence-corrected chi connectivity index (χ1v) is 11.3. The Morgan fingerprint density at radius 2 is 1.91 bits per heavy atom. The van der Waals surface area contributed by atoms with Gasteiger partial charge in [-0.15, -0.1) is 0 Å². The second-order valence-electron chi connectivity index (χ2n) is 9.38. The molecule has 3 fully saturated rings. The van der Waals surface area contributed by atoms with Crippen LogP contribution in [-0.2, 0) is 0 Å². The Labute approximate surface area is 152 Å². The first kappa shape index (κ1) is 18.2. The summed E-state index contributed by atoms with van der Waals surface area (Å²) in [6.45, 7) is 7.97. The molecule has 0 aromatic rings. The summed E-state index contributed by atoms with van der Waals surface area (Å²) in [6, 6.07) is 0. The van der Waals surface area contributed by atoms with Crippen LogP contribution in [0.2, 0.25) is 0 Å². The van der Waals surface area contributed by atoms with Gasteiger partial charge >= 0.3 is 0 Å². The Hall–Kier alpha value is 0.440. The van der Waals surface area contributed by atoms with E-state index in [2.05, 4.69) is 36.7 Å². The Kier molecular flexibility index (Phi) is 5.84. The maximum absolute atomic E-state index is 9.29. The van der Waals surface area contributed by atoms with Gasteiger partial charge in [-0.1, -0.05) is 43.1 Å². The molecule has 0 spiro atoms. The minimum absolute atomic E-state index is 0.382. The van der Waals surface area contributed by atoms with Gasteiger partial charge in [0.2, 0.25) is 0 Å². The molecule has 0 amide bonds. The number of aliphatic hydroxyl groups is 1. The number of halogens is 1. The van der Waals surface area contributed by atoms with Gasteiger partial charge in [-0.2, -0.15) is 0 Å². The molecule has 0 aromatic heterocycles. The number of hydrogen-bond acceptors (Lipinski definition) is 1. The van der Waals surface area contributed by atoms with Crippen molar-refractivity contribution < 1.29 is 5.11 Å². The van der Waals surface area contributed by atoms with Crippen molar-refractivity contribution in [2.75, 3.05) is 11.9 Å². The highest BCUT2D eigenvalue weighted by Crippen LogP contribution is 2.64. The van der Waals surface area contributed by atoms with Crippen molar-refractivity contribution in [3.05, 3.63) is 0 Å². The highest BCUT2D eigenvalue weighted by Gasteiger charge is 2.56. The van der Waals surface area contributed by atoms with Crippen LogP contribution in [0.25, 0.3) is 0 Å². The van der Waals surface area contributed by atoms with Gasteiger partial charge in [0, 0.05) is 11.9 Å². The van der Waals surface area contributed by atoms with Gasteiger partial charge in [0.15, 0.2) is 0 Å². The summed E-state index contributed by atoms with van der Waals surface area (Å²) >= 11 is 3.76. The summed E-state index contributed by atoms with van der Waals surface area (Å²) in [6.07, 6.45) is 11.1. The van der Waals surface area contributed by atoms with Crippen molar-refractivity contribution in [1.82, 2.24) is 0 Å². The summed E-state index contributed by atoms with van der Waals surface area (Å²) in [5.74, 6) is 6.46. The van der Waals surface area contributed by atoms with Gasteiger partial charge in [-0.3, -0.25) is 0 Å². The molecule has 3 aliphatic rings. The zero-order valence-corrected chi connectivity index (χ0v) is 17.0. The van der Waals surface area contributed by atoms with Gasteiger partial charge in [0.25, 0.3) is 0 Å². The summed E-state index contributed by atoms with van der Waals surface area (Å²) < 4.78 is 0. The lowest BCUT2D eigenvalue weighted by Crippen LogP contribution is -2.47. The fourth-order valence-electron chi connectivity index (χ4n) is 7.26. The lowest BCUT2D eigenvalue weighted by Gasteiger charge is -2.55.